The lowest BCUT2D eigenvalue weighted by molar-refractivity contribution is 0.262. The first-order chi connectivity index (χ1) is 9.36. The zero-order valence-corrected chi connectivity index (χ0v) is 14.0. The number of sulfonamides is 1. The van der Waals surface area contributed by atoms with E-state index in [0.29, 0.717) is 28.4 Å². The molecule has 0 radical (unpaired) electrons. The van der Waals surface area contributed by atoms with Gasteiger partial charge in [-0.1, -0.05) is 6.42 Å². The third-order valence-electron chi connectivity index (χ3n) is 3.71. The number of nitrogens with two attached hydrogens (primary N) is 1. The monoisotopic (exact) mass is 362 g/mol. The molecule has 7 heteroatoms. The van der Waals surface area contributed by atoms with Gasteiger partial charge in [-0.15, -0.1) is 0 Å². The van der Waals surface area contributed by atoms with E-state index in [1.54, 1.807) is 13.1 Å². The number of nitrogen functional groups attached to an aromatic ring is 1. The lowest BCUT2D eigenvalue weighted by atomic mass is 9.86. The molecule has 1 aromatic carbocycles. The molecule has 0 heterocycles. The first kappa shape index (κ1) is 15.6. The number of halogens is 1. The van der Waals surface area contributed by atoms with Gasteiger partial charge in [0.05, 0.1) is 7.11 Å². The number of ether oxygens (including phenoxy) is 1. The summed E-state index contributed by atoms with van der Waals surface area (Å²) in [6.07, 6.45) is 3.38. The van der Waals surface area contributed by atoms with Gasteiger partial charge in [-0.05, 0) is 46.8 Å². The van der Waals surface area contributed by atoms with Crippen molar-refractivity contribution in [1.29, 1.82) is 0 Å². The average Bonchev–Trinajstić information content (AvgIpc) is 2.35. The number of hydrogen-bond acceptors (Lipinski definition) is 4. The Kier molecular flexibility index (Phi) is 4.61. The van der Waals surface area contributed by atoms with Gasteiger partial charge in [-0.2, -0.15) is 0 Å². The fraction of sp³-hybridized carbons (Fsp3) is 0.538. The molecule has 1 aliphatic carbocycles. The second-order valence-corrected chi connectivity index (χ2v) is 7.97. The zero-order chi connectivity index (χ0) is 14.9. The van der Waals surface area contributed by atoms with Gasteiger partial charge < -0.3 is 10.5 Å². The Morgan fingerprint density at radius 1 is 1.45 bits per heavy atom. The van der Waals surface area contributed by atoms with Gasteiger partial charge in [-0.25, -0.2) is 12.7 Å². The number of hydrogen-bond donors (Lipinski definition) is 1. The minimum atomic E-state index is -3.58. The van der Waals surface area contributed by atoms with E-state index >= 15 is 0 Å². The summed E-state index contributed by atoms with van der Waals surface area (Å²) in [6.45, 7) is 0.543. The molecule has 1 aliphatic rings. The third kappa shape index (κ3) is 2.94. The van der Waals surface area contributed by atoms with Crippen molar-refractivity contribution < 1.29 is 13.2 Å². The van der Waals surface area contributed by atoms with Crippen LogP contribution in [0.4, 0.5) is 5.69 Å². The van der Waals surface area contributed by atoms with E-state index in [9.17, 15) is 8.42 Å². The van der Waals surface area contributed by atoms with Crippen LogP contribution in [0.1, 0.15) is 19.3 Å². The van der Waals surface area contributed by atoms with Gasteiger partial charge >= 0.3 is 0 Å². The Bertz CT molecular complexity index is 600. The first-order valence-corrected chi connectivity index (χ1v) is 8.69. The molecule has 0 unspecified atom stereocenters. The van der Waals surface area contributed by atoms with Crippen LogP contribution < -0.4 is 10.5 Å². The summed E-state index contributed by atoms with van der Waals surface area (Å²) in [6, 6.07) is 3.02. The Morgan fingerprint density at radius 3 is 2.60 bits per heavy atom. The van der Waals surface area contributed by atoms with Gasteiger partial charge in [0.15, 0.2) is 0 Å². The predicted molar refractivity (Wildman–Crippen MR) is 82.3 cm³/mol. The molecule has 2 rings (SSSR count). The molecule has 0 aliphatic heterocycles. The van der Waals surface area contributed by atoms with Crippen LogP contribution in [0.15, 0.2) is 21.5 Å². The van der Waals surface area contributed by atoms with Crippen LogP contribution in [-0.2, 0) is 10.0 Å². The number of benzene rings is 1. The molecular weight excluding hydrogens is 344 g/mol. The van der Waals surface area contributed by atoms with Crippen molar-refractivity contribution in [1.82, 2.24) is 4.31 Å². The molecule has 5 nitrogen and oxygen atoms in total. The van der Waals surface area contributed by atoms with Crippen molar-refractivity contribution in [3.8, 4) is 5.75 Å². The lowest BCUT2D eigenvalue weighted by Gasteiger charge is -2.30. The van der Waals surface area contributed by atoms with Gasteiger partial charge in [0.1, 0.15) is 10.6 Å². The number of methoxy groups -OCH3 is 1. The Balaban J connectivity index is 2.34. The Labute approximate surface area is 128 Å². The standard InChI is InChI=1S/C13H19BrN2O3S/c1-16(8-9-4-3-5-9)20(17,18)13-7-11(15)10(14)6-12(13)19-2/h6-7,9H,3-5,8,15H2,1-2H3. The molecule has 0 bridgehead atoms. The summed E-state index contributed by atoms with van der Waals surface area (Å²) >= 11 is 3.27. The van der Waals surface area contributed by atoms with Crippen LogP contribution in [0.2, 0.25) is 0 Å². The Morgan fingerprint density at radius 2 is 2.10 bits per heavy atom. The summed E-state index contributed by atoms with van der Waals surface area (Å²) in [5.41, 5.74) is 6.17. The van der Waals surface area contributed by atoms with E-state index in [1.165, 1.54) is 23.9 Å². The number of anilines is 1. The largest absolute Gasteiger partial charge is 0.495 e. The van der Waals surface area contributed by atoms with E-state index < -0.39 is 10.0 Å². The molecule has 0 spiro atoms. The number of nitrogens with zero attached hydrogens (tertiary/aromatic N) is 1. The highest BCUT2D eigenvalue weighted by Gasteiger charge is 2.29. The smallest absolute Gasteiger partial charge is 0.246 e. The van der Waals surface area contributed by atoms with Crippen molar-refractivity contribution in [2.45, 2.75) is 24.2 Å². The fourth-order valence-electron chi connectivity index (χ4n) is 2.22. The SMILES string of the molecule is COc1cc(Br)c(N)cc1S(=O)(=O)N(C)CC1CCC1. The molecule has 1 fully saturated rings. The normalized spacial score (nSPS) is 16.2. The highest BCUT2D eigenvalue weighted by Crippen LogP contribution is 2.35. The second kappa shape index (κ2) is 5.91. The molecule has 1 saturated carbocycles. The summed E-state index contributed by atoms with van der Waals surface area (Å²) in [4.78, 5) is 0.113. The molecule has 0 saturated heterocycles. The third-order valence-corrected chi connectivity index (χ3v) is 6.24. The summed E-state index contributed by atoms with van der Waals surface area (Å²) in [5.74, 6) is 0.764. The maximum Gasteiger partial charge on any atom is 0.246 e. The van der Waals surface area contributed by atoms with Crippen LogP contribution in [-0.4, -0.2) is 33.4 Å². The van der Waals surface area contributed by atoms with Crippen LogP contribution in [0.5, 0.6) is 5.75 Å². The van der Waals surface area contributed by atoms with Gasteiger partial charge in [-0.3, -0.25) is 0 Å². The minimum Gasteiger partial charge on any atom is -0.495 e. The van der Waals surface area contributed by atoms with Crippen LogP contribution in [0.25, 0.3) is 0 Å². The maximum absolute atomic E-state index is 12.6. The number of rotatable bonds is 5. The average molecular weight is 363 g/mol. The summed E-state index contributed by atoms with van der Waals surface area (Å²) in [7, 11) is -0.535. The molecule has 0 amide bonds. The van der Waals surface area contributed by atoms with Gasteiger partial charge in [0.2, 0.25) is 10.0 Å². The fourth-order valence-corrected chi connectivity index (χ4v) is 3.95. The second-order valence-electron chi connectivity index (χ2n) is 5.11. The summed E-state index contributed by atoms with van der Waals surface area (Å²) in [5, 5.41) is 0. The first-order valence-electron chi connectivity index (χ1n) is 6.45. The van der Waals surface area contributed by atoms with E-state index in [4.69, 9.17) is 10.5 Å². The molecule has 0 atom stereocenters. The van der Waals surface area contributed by atoms with E-state index in [1.807, 2.05) is 0 Å². The van der Waals surface area contributed by atoms with Crippen LogP contribution >= 0.6 is 15.9 Å². The van der Waals surface area contributed by atoms with E-state index in [2.05, 4.69) is 15.9 Å². The van der Waals surface area contributed by atoms with Crippen LogP contribution in [0, 0.1) is 5.92 Å². The Hall–Kier alpha value is -0.790. The van der Waals surface area contributed by atoms with Crippen LogP contribution in [0.3, 0.4) is 0 Å². The highest BCUT2D eigenvalue weighted by atomic mass is 79.9. The van der Waals surface area contributed by atoms with E-state index in [0.717, 1.165) is 12.8 Å². The summed E-state index contributed by atoms with van der Waals surface area (Å²) < 4.78 is 32.4. The zero-order valence-electron chi connectivity index (χ0n) is 11.6. The highest BCUT2D eigenvalue weighted by molar-refractivity contribution is 9.10. The van der Waals surface area contributed by atoms with Crippen molar-refractivity contribution in [2.75, 3.05) is 26.4 Å². The molecule has 1 aromatic rings. The quantitative estimate of drug-likeness (QED) is 0.816. The minimum absolute atomic E-state index is 0.113. The predicted octanol–water partition coefficient (Wildman–Crippen LogP) is 2.46. The topological polar surface area (TPSA) is 72.6 Å². The maximum atomic E-state index is 12.6. The molecule has 20 heavy (non-hydrogen) atoms. The van der Waals surface area contributed by atoms with Crippen molar-refractivity contribution in [3.05, 3.63) is 16.6 Å². The van der Waals surface area contributed by atoms with Crippen molar-refractivity contribution >= 4 is 31.6 Å². The molecule has 2 N–H and O–H groups in total. The molecule has 0 aromatic heterocycles. The van der Waals surface area contributed by atoms with Crippen molar-refractivity contribution in [3.63, 3.8) is 0 Å². The van der Waals surface area contributed by atoms with Crippen molar-refractivity contribution in [2.24, 2.45) is 5.92 Å². The lowest BCUT2D eigenvalue weighted by Crippen LogP contribution is -2.34. The van der Waals surface area contributed by atoms with Gasteiger partial charge in [0.25, 0.3) is 0 Å². The van der Waals surface area contributed by atoms with Gasteiger partial charge in [0, 0.05) is 23.8 Å². The molecule has 112 valence electrons. The molecular formula is C13H19BrN2O3S. The van der Waals surface area contributed by atoms with E-state index in [-0.39, 0.29) is 4.90 Å².